The van der Waals surface area contributed by atoms with Gasteiger partial charge in [0.2, 0.25) is 0 Å². The number of fused-ring (bicyclic) bond motifs is 1. The van der Waals surface area contributed by atoms with E-state index >= 15 is 0 Å². The van der Waals surface area contributed by atoms with E-state index < -0.39 is 0 Å². The molecule has 1 aromatic heterocycles. The van der Waals surface area contributed by atoms with Gasteiger partial charge in [-0.2, -0.15) is 0 Å². The molecule has 0 atom stereocenters. The van der Waals surface area contributed by atoms with Gasteiger partial charge in [-0.25, -0.2) is 4.98 Å². The lowest BCUT2D eigenvalue weighted by molar-refractivity contribution is 0.561. The number of benzene rings is 1. The van der Waals surface area contributed by atoms with Crippen LogP contribution in [0.3, 0.4) is 0 Å². The van der Waals surface area contributed by atoms with Crippen molar-refractivity contribution in [1.82, 2.24) is 10.3 Å². The normalized spacial score (nSPS) is 11.4. The number of nitrogens with one attached hydrogen (secondary N) is 1. The number of anilines is 1. The monoisotopic (exact) mass is 247 g/mol. The molecule has 0 radical (unpaired) electrons. The first-order chi connectivity index (χ1) is 8.56. The first-order valence-corrected chi connectivity index (χ1v) is 6.38. The van der Waals surface area contributed by atoms with E-state index in [0.29, 0.717) is 11.9 Å². The average Bonchev–Trinajstić information content (AvgIpc) is 2.67. The van der Waals surface area contributed by atoms with E-state index in [-0.39, 0.29) is 0 Å². The summed E-state index contributed by atoms with van der Waals surface area (Å²) in [5, 5.41) is 3.41. The summed E-state index contributed by atoms with van der Waals surface area (Å²) in [6.45, 7) is 8.13. The molecule has 0 aliphatic rings. The molecule has 0 aliphatic heterocycles. The van der Waals surface area contributed by atoms with Crippen molar-refractivity contribution in [3.8, 4) is 0 Å². The van der Waals surface area contributed by atoms with E-state index in [1.165, 1.54) is 5.69 Å². The molecule has 1 heterocycles. The zero-order valence-corrected chi connectivity index (χ0v) is 11.5. The quantitative estimate of drug-likeness (QED) is 0.881. The first kappa shape index (κ1) is 12.9. The molecule has 0 saturated carbocycles. The minimum Gasteiger partial charge on any atom is -0.441 e. The second kappa shape index (κ2) is 5.40. The smallest absolute Gasteiger partial charge is 0.192 e. The molecular weight excluding hydrogens is 226 g/mol. The van der Waals surface area contributed by atoms with Crippen molar-refractivity contribution >= 4 is 16.8 Å². The van der Waals surface area contributed by atoms with Crippen LogP contribution in [-0.2, 0) is 0 Å². The highest BCUT2D eigenvalue weighted by molar-refractivity contribution is 5.77. The number of hydrogen-bond acceptors (Lipinski definition) is 4. The van der Waals surface area contributed by atoms with E-state index in [0.717, 1.165) is 24.2 Å². The Morgan fingerprint density at radius 3 is 2.89 bits per heavy atom. The predicted molar refractivity (Wildman–Crippen MR) is 75.2 cm³/mol. The number of hydrogen-bond donors (Lipinski definition) is 1. The second-order valence-electron chi connectivity index (χ2n) is 4.92. The van der Waals surface area contributed by atoms with Gasteiger partial charge in [0.25, 0.3) is 0 Å². The molecule has 0 bridgehead atoms. The van der Waals surface area contributed by atoms with Crippen LogP contribution < -0.4 is 10.2 Å². The highest BCUT2D eigenvalue weighted by Crippen LogP contribution is 2.21. The van der Waals surface area contributed by atoms with Crippen molar-refractivity contribution in [2.24, 2.45) is 0 Å². The summed E-state index contributed by atoms with van der Waals surface area (Å²) in [6, 6.07) is 6.65. The van der Waals surface area contributed by atoms with Gasteiger partial charge >= 0.3 is 0 Å². The van der Waals surface area contributed by atoms with E-state index in [2.05, 4.69) is 48.2 Å². The van der Waals surface area contributed by atoms with Crippen LogP contribution in [0.4, 0.5) is 5.69 Å². The summed E-state index contributed by atoms with van der Waals surface area (Å²) >= 11 is 0. The Hall–Kier alpha value is -1.55. The van der Waals surface area contributed by atoms with E-state index in [4.69, 9.17) is 4.42 Å². The lowest BCUT2D eigenvalue weighted by Crippen LogP contribution is -2.32. The molecule has 2 rings (SSSR count). The molecule has 2 aromatic rings. The van der Waals surface area contributed by atoms with Crippen LogP contribution >= 0.6 is 0 Å². The van der Waals surface area contributed by atoms with Crippen LogP contribution in [0.2, 0.25) is 0 Å². The lowest BCUT2D eigenvalue weighted by atomic mass is 10.2. The van der Waals surface area contributed by atoms with Crippen molar-refractivity contribution in [3.63, 3.8) is 0 Å². The number of oxazole rings is 1. The maximum Gasteiger partial charge on any atom is 0.192 e. The molecule has 4 nitrogen and oxygen atoms in total. The Kier molecular flexibility index (Phi) is 3.87. The van der Waals surface area contributed by atoms with Crippen LogP contribution in [0.5, 0.6) is 0 Å². The van der Waals surface area contributed by atoms with Crippen LogP contribution in [0.15, 0.2) is 22.6 Å². The molecular formula is C14H21N3O. The third-order valence-electron chi connectivity index (χ3n) is 2.92. The predicted octanol–water partition coefficient (Wildman–Crippen LogP) is 2.57. The molecule has 0 amide bonds. The standard InChI is InChI=1S/C14H21N3O/c1-10(2)15-7-8-17(4)12-5-6-14-13(9-12)16-11(3)18-14/h5-6,9-10,15H,7-8H2,1-4H3. The molecule has 98 valence electrons. The third-order valence-corrected chi connectivity index (χ3v) is 2.92. The van der Waals surface area contributed by atoms with Gasteiger partial charge in [-0.15, -0.1) is 0 Å². The number of aryl methyl sites for hydroxylation is 1. The summed E-state index contributed by atoms with van der Waals surface area (Å²) in [4.78, 5) is 6.58. The summed E-state index contributed by atoms with van der Waals surface area (Å²) in [5.74, 6) is 0.714. The van der Waals surface area contributed by atoms with Crippen LogP contribution in [-0.4, -0.2) is 31.2 Å². The lowest BCUT2D eigenvalue weighted by Gasteiger charge is -2.20. The Morgan fingerprint density at radius 2 is 2.17 bits per heavy atom. The minimum absolute atomic E-state index is 0.527. The van der Waals surface area contributed by atoms with Gasteiger partial charge in [-0.1, -0.05) is 13.8 Å². The first-order valence-electron chi connectivity index (χ1n) is 6.38. The van der Waals surface area contributed by atoms with E-state index in [9.17, 15) is 0 Å². The largest absolute Gasteiger partial charge is 0.441 e. The molecule has 1 N–H and O–H groups in total. The molecule has 0 saturated heterocycles. The fourth-order valence-electron chi connectivity index (χ4n) is 1.92. The van der Waals surface area contributed by atoms with Gasteiger partial charge in [-0.05, 0) is 18.2 Å². The molecule has 0 spiro atoms. The second-order valence-corrected chi connectivity index (χ2v) is 4.92. The fraction of sp³-hybridized carbons (Fsp3) is 0.500. The third kappa shape index (κ3) is 3.01. The molecule has 0 fully saturated rings. The minimum atomic E-state index is 0.527. The molecule has 4 heteroatoms. The summed E-state index contributed by atoms with van der Waals surface area (Å²) in [6.07, 6.45) is 0. The zero-order valence-electron chi connectivity index (χ0n) is 11.5. The zero-order chi connectivity index (χ0) is 13.1. The summed E-state index contributed by atoms with van der Waals surface area (Å²) < 4.78 is 5.47. The molecule has 0 unspecified atom stereocenters. The Morgan fingerprint density at radius 1 is 1.39 bits per heavy atom. The maximum absolute atomic E-state index is 5.47. The highest BCUT2D eigenvalue weighted by Gasteiger charge is 2.06. The van der Waals surface area contributed by atoms with Crippen molar-refractivity contribution in [2.75, 3.05) is 25.0 Å². The van der Waals surface area contributed by atoms with Crippen molar-refractivity contribution in [3.05, 3.63) is 24.1 Å². The molecule has 0 aliphatic carbocycles. The van der Waals surface area contributed by atoms with Crippen LogP contribution in [0.25, 0.3) is 11.1 Å². The molecule has 1 aromatic carbocycles. The summed E-state index contributed by atoms with van der Waals surface area (Å²) in [5.41, 5.74) is 2.94. The Balaban J connectivity index is 2.05. The topological polar surface area (TPSA) is 41.3 Å². The van der Waals surface area contributed by atoms with Crippen LogP contribution in [0.1, 0.15) is 19.7 Å². The molecule has 18 heavy (non-hydrogen) atoms. The van der Waals surface area contributed by atoms with Gasteiger partial charge in [-0.3, -0.25) is 0 Å². The average molecular weight is 247 g/mol. The fourth-order valence-corrected chi connectivity index (χ4v) is 1.92. The Labute approximate surface area is 108 Å². The van der Waals surface area contributed by atoms with Gasteiger partial charge in [0, 0.05) is 38.8 Å². The number of nitrogens with zero attached hydrogens (tertiary/aromatic N) is 2. The van der Waals surface area contributed by atoms with E-state index in [1.807, 2.05) is 13.0 Å². The van der Waals surface area contributed by atoms with Crippen molar-refractivity contribution in [2.45, 2.75) is 26.8 Å². The number of likely N-dealkylation sites (N-methyl/N-ethyl adjacent to an activating group) is 1. The number of rotatable bonds is 5. The van der Waals surface area contributed by atoms with Crippen molar-refractivity contribution < 1.29 is 4.42 Å². The van der Waals surface area contributed by atoms with E-state index in [1.54, 1.807) is 0 Å². The van der Waals surface area contributed by atoms with Gasteiger partial charge < -0.3 is 14.6 Å². The Bertz CT molecular complexity index is 519. The maximum atomic E-state index is 5.47. The van der Waals surface area contributed by atoms with Crippen molar-refractivity contribution in [1.29, 1.82) is 0 Å². The van der Waals surface area contributed by atoms with Gasteiger partial charge in [0.1, 0.15) is 5.52 Å². The SMILES string of the molecule is Cc1nc2cc(N(C)CCNC(C)C)ccc2o1. The highest BCUT2D eigenvalue weighted by atomic mass is 16.3. The van der Waals surface area contributed by atoms with Crippen LogP contribution in [0, 0.1) is 6.92 Å². The number of aromatic nitrogens is 1. The summed E-state index contributed by atoms with van der Waals surface area (Å²) in [7, 11) is 2.09. The van der Waals surface area contributed by atoms with Gasteiger partial charge in [0.15, 0.2) is 11.5 Å². The van der Waals surface area contributed by atoms with Gasteiger partial charge in [0.05, 0.1) is 0 Å².